The van der Waals surface area contributed by atoms with Crippen molar-refractivity contribution in [1.29, 1.82) is 0 Å². The first kappa shape index (κ1) is 35.3. The van der Waals surface area contributed by atoms with Crippen LogP contribution in [-0.2, 0) is 17.8 Å². The van der Waals surface area contributed by atoms with Crippen LogP contribution in [0.25, 0.3) is 0 Å². The Morgan fingerprint density at radius 3 is 1.49 bits per heavy atom. The van der Waals surface area contributed by atoms with Gasteiger partial charge in [0.25, 0.3) is 23.2 Å². The third kappa shape index (κ3) is 11.1. The Balaban J connectivity index is 0.000000267. The molecule has 14 heteroatoms. The van der Waals surface area contributed by atoms with E-state index in [1.807, 2.05) is 12.1 Å². The van der Waals surface area contributed by atoms with Gasteiger partial charge >= 0.3 is 6.09 Å². The van der Waals surface area contributed by atoms with Crippen molar-refractivity contribution in [3.05, 3.63) is 140 Å². The molecule has 4 aromatic rings. The number of rotatable bonds is 9. The average Bonchev–Trinajstić information content (AvgIpc) is 3.04. The van der Waals surface area contributed by atoms with Crippen LogP contribution in [0.3, 0.4) is 0 Å². The van der Waals surface area contributed by atoms with E-state index in [1.54, 1.807) is 57.2 Å². The van der Waals surface area contributed by atoms with Gasteiger partial charge in [-0.2, -0.15) is 0 Å². The fraction of sp³-hybridized carbons (Fsp3) is 0.182. The van der Waals surface area contributed by atoms with Crippen molar-refractivity contribution in [2.45, 2.75) is 39.5 Å². The molecule has 4 rings (SSSR count). The highest BCUT2D eigenvalue weighted by molar-refractivity contribution is 6.05. The Bertz CT molecular complexity index is 1740. The molecule has 0 radical (unpaired) electrons. The largest absolute Gasteiger partial charge is 0.444 e. The fourth-order valence-corrected chi connectivity index (χ4v) is 3.96. The summed E-state index contributed by atoms with van der Waals surface area (Å²) in [7, 11) is 0. The first-order chi connectivity index (χ1) is 22.3. The first-order valence-corrected chi connectivity index (χ1v) is 14.2. The Kier molecular flexibility index (Phi) is 12.2. The number of carbonyl (C=O) groups is 3. The van der Waals surface area contributed by atoms with Crippen LogP contribution < -0.4 is 21.7 Å². The Morgan fingerprint density at radius 1 is 0.681 bits per heavy atom. The van der Waals surface area contributed by atoms with Gasteiger partial charge in [0, 0.05) is 59.9 Å². The molecule has 244 valence electrons. The van der Waals surface area contributed by atoms with E-state index in [0.29, 0.717) is 29.0 Å². The average molecular weight is 643 g/mol. The summed E-state index contributed by atoms with van der Waals surface area (Å²) in [6.07, 6.45) is -0.556. The predicted molar refractivity (Wildman–Crippen MR) is 176 cm³/mol. The van der Waals surface area contributed by atoms with Crippen LogP contribution >= 0.6 is 0 Å². The van der Waals surface area contributed by atoms with E-state index in [4.69, 9.17) is 10.5 Å². The third-order valence-corrected chi connectivity index (χ3v) is 6.25. The van der Waals surface area contributed by atoms with Gasteiger partial charge < -0.3 is 26.4 Å². The zero-order chi connectivity index (χ0) is 34.6. The molecule has 0 aliphatic carbocycles. The predicted octanol–water partition coefficient (Wildman–Crippen LogP) is 6.18. The zero-order valence-electron chi connectivity index (χ0n) is 25.9. The van der Waals surface area contributed by atoms with Gasteiger partial charge in [-0.05, 0) is 68.3 Å². The number of benzene rings is 4. The summed E-state index contributed by atoms with van der Waals surface area (Å²) in [5.41, 5.74) is 8.16. The number of nitro benzene ring substituents is 2. The minimum absolute atomic E-state index is 0.0519. The van der Waals surface area contributed by atoms with Crippen LogP contribution in [-0.4, -0.2) is 33.4 Å². The van der Waals surface area contributed by atoms with Gasteiger partial charge in [0.1, 0.15) is 5.60 Å². The topological polar surface area (TPSA) is 209 Å². The monoisotopic (exact) mass is 642 g/mol. The number of nitro groups is 2. The highest BCUT2D eigenvalue weighted by Gasteiger charge is 2.17. The first-order valence-electron chi connectivity index (χ1n) is 14.2. The van der Waals surface area contributed by atoms with Gasteiger partial charge in [0.05, 0.1) is 9.85 Å². The molecule has 0 saturated carbocycles. The van der Waals surface area contributed by atoms with E-state index >= 15 is 0 Å². The summed E-state index contributed by atoms with van der Waals surface area (Å²) in [6, 6.07) is 24.9. The molecule has 0 saturated heterocycles. The highest BCUT2D eigenvalue weighted by Crippen LogP contribution is 2.19. The molecule has 4 aromatic carbocycles. The van der Waals surface area contributed by atoms with Crippen molar-refractivity contribution in [3.63, 3.8) is 0 Å². The number of alkyl carbamates (subject to hydrolysis) is 1. The van der Waals surface area contributed by atoms with Crippen molar-refractivity contribution < 1.29 is 29.0 Å². The molecule has 5 N–H and O–H groups in total. The van der Waals surface area contributed by atoms with Gasteiger partial charge in [0.15, 0.2) is 0 Å². The standard InChI is InChI=1S/C19H21N3O5.C14H13N3O3/c1-19(2,3)27-18(24)20-12-14-6-4-5-7-16(14)21-17(23)13-8-10-15(11-9-13)22(25)26;15-9-11-3-1-2-4-13(11)16-14(18)10-5-7-12(8-6-10)17(19)20/h4-11H,12H2,1-3H3,(H,20,24)(H,21,23);1-8H,9,15H2,(H,16,18). The number of amides is 3. The molecule has 0 unspecified atom stereocenters. The molecule has 0 aromatic heterocycles. The second kappa shape index (κ2) is 16.2. The second-order valence-electron chi connectivity index (χ2n) is 10.9. The van der Waals surface area contributed by atoms with Crippen LogP contribution in [0.15, 0.2) is 97.1 Å². The van der Waals surface area contributed by atoms with E-state index in [0.717, 1.165) is 5.56 Å². The lowest BCUT2D eigenvalue weighted by molar-refractivity contribution is -0.385. The van der Waals surface area contributed by atoms with Crippen molar-refractivity contribution in [2.75, 3.05) is 10.6 Å². The molecule has 47 heavy (non-hydrogen) atoms. The highest BCUT2D eigenvalue weighted by atomic mass is 16.6. The number of ether oxygens (including phenoxy) is 1. The van der Waals surface area contributed by atoms with Crippen molar-refractivity contribution >= 4 is 40.7 Å². The zero-order valence-corrected chi connectivity index (χ0v) is 25.9. The number of para-hydroxylation sites is 2. The maximum Gasteiger partial charge on any atom is 0.407 e. The van der Waals surface area contributed by atoms with Crippen LogP contribution in [0.2, 0.25) is 0 Å². The lowest BCUT2D eigenvalue weighted by Gasteiger charge is -2.20. The normalized spacial score (nSPS) is 10.5. The van der Waals surface area contributed by atoms with E-state index in [9.17, 15) is 34.6 Å². The van der Waals surface area contributed by atoms with Gasteiger partial charge in [-0.3, -0.25) is 29.8 Å². The Labute approximate surface area is 270 Å². The number of non-ortho nitro benzene ring substituents is 2. The van der Waals surface area contributed by atoms with Gasteiger partial charge in [0.2, 0.25) is 0 Å². The molecule has 0 aliphatic rings. The number of hydrogen-bond donors (Lipinski definition) is 4. The Hall–Kier alpha value is -6.15. The number of nitrogens with one attached hydrogen (secondary N) is 3. The van der Waals surface area contributed by atoms with Crippen molar-refractivity contribution in [1.82, 2.24) is 5.32 Å². The molecule has 0 atom stereocenters. The number of anilines is 2. The molecule has 0 bridgehead atoms. The maximum absolute atomic E-state index is 12.4. The summed E-state index contributed by atoms with van der Waals surface area (Å²) in [5, 5.41) is 29.4. The summed E-state index contributed by atoms with van der Waals surface area (Å²) < 4.78 is 5.19. The van der Waals surface area contributed by atoms with E-state index < -0.39 is 27.4 Å². The van der Waals surface area contributed by atoms with Crippen molar-refractivity contribution in [3.8, 4) is 0 Å². The van der Waals surface area contributed by atoms with Crippen LogP contribution in [0, 0.1) is 20.2 Å². The van der Waals surface area contributed by atoms with E-state index in [-0.39, 0.29) is 29.4 Å². The molecule has 3 amide bonds. The summed E-state index contributed by atoms with van der Waals surface area (Å²) in [5.74, 6) is -0.740. The van der Waals surface area contributed by atoms with Crippen molar-refractivity contribution in [2.24, 2.45) is 5.73 Å². The lowest BCUT2D eigenvalue weighted by Crippen LogP contribution is -2.32. The van der Waals surface area contributed by atoms with E-state index in [1.165, 1.54) is 48.5 Å². The van der Waals surface area contributed by atoms with Crippen LogP contribution in [0.1, 0.15) is 52.6 Å². The summed E-state index contributed by atoms with van der Waals surface area (Å²) in [6.45, 7) is 5.79. The fourth-order valence-electron chi connectivity index (χ4n) is 3.96. The SMILES string of the molecule is CC(C)(C)OC(=O)NCc1ccccc1NC(=O)c1ccc([N+](=O)[O-])cc1.NCc1ccccc1NC(=O)c1ccc([N+](=O)[O-])cc1. The van der Waals surface area contributed by atoms with Crippen LogP contribution in [0.4, 0.5) is 27.5 Å². The van der Waals surface area contributed by atoms with Crippen LogP contribution in [0.5, 0.6) is 0 Å². The molecule has 14 nitrogen and oxygen atoms in total. The van der Waals surface area contributed by atoms with E-state index in [2.05, 4.69) is 16.0 Å². The molecule has 0 fully saturated rings. The maximum atomic E-state index is 12.4. The molecular weight excluding hydrogens is 608 g/mol. The molecule has 0 spiro atoms. The number of hydrogen-bond acceptors (Lipinski definition) is 9. The quantitative estimate of drug-likeness (QED) is 0.121. The third-order valence-electron chi connectivity index (χ3n) is 6.25. The number of carbonyl (C=O) groups excluding carboxylic acids is 3. The number of nitrogens with zero attached hydrogens (tertiary/aromatic N) is 2. The minimum Gasteiger partial charge on any atom is -0.444 e. The minimum atomic E-state index is -0.603. The molecule has 0 heterocycles. The molecule has 0 aliphatic heterocycles. The summed E-state index contributed by atoms with van der Waals surface area (Å²) in [4.78, 5) is 56.4. The summed E-state index contributed by atoms with van der Waals surface area (Å²) >= 11 is 0. The van der Waals surface area contributed by atoms with Gasteiger partial charge in [-0.25, -0.2) is 4.79 Å². The smallest absolute Gasteiger partial charge is 0.407 e. The number of nitrogens with two attached hydrogens (primary N) is 1. The molecular formula is C33H34N6O8. The van der Waals surface area contributed by atoms with Gasteiger partial charge in [-0.15, -0.1) is 0 Å². The van der Waals surface area contributed by atoms with Gasteiger partial charge in [-0.1, -0.05) is 36.4 Å². The Morgan fingerprint density at radius 2 is 1.09 bits per heavy atom. The lowest BCUT2D eigenvalue weighted by atomic mass is 10.1. The second-order valence-corrected chi connectivity index (χ2v) is 10.9.